The molecule has 2 aliphatic rings. The third-order valence-electron chi connectivity index (χ3n) is 7.62. The largest absolute Gasteiger partial charge is 0.381 e. The molecule has 0 amide bonds. The van der Waals surface area contributed by atoms with Crippen LogP contribution in [0.1, 0.15) is 65.2 Å². The Morgan fingerprint density at radius 3 is 2.58 bits per heavy atom. The van der Waals surface area contributed by atoms with Gasteiger partial charge in [-0.1, -0.05) is 25.4 Å². The fourth-order valence-corrected chi connectivity index (χ4v) is 5.89. The van der Waals surface area contributed by atoms with E-state index < -0.39 is 5.82 Å². The summed E-state index contributed by atoms with van der Waals surface area (Å²) in [4.78, 5) is 11.6. The van der Waals surface area contributed by atoms with Gasteiger partial charge >= 0.3 is 0 Å². The minimum atomic E-state index is -0.434. The molecule has 206 valence electrons. The summed E-state index contributed by atoms with van der Waals surface area (Å²) in [6.45, 7) is 7.87. The number of halogens is 2. The molecule has 9 heteroatoms. The second-order valence-corrected chi connectivity index (χ2v) is 10.9. The zero-order valence-corrected chi connectivity index (χ0v) is 23.3. The lowest BCUT2D eigenvalue weighted by atomic mass is 9.90. The van der Waals surface area contributed by atoms with Crippen molar-refractivity contribution in [3.05, 3.63) is 35.4 Å². The fraction of sp³-hybridized carbons (Fsp3) is 0.621. The van der Waals surface area contributed by atoms with Crippen LogP contribution >= 0.6 is 11.6 Å². The number of hydrogen-bond donors (Lipinski definition) is 2. The molecule has 2 N–H and O–H groups in total. The maximum absolute atomic E-state index is 14.2. The Balaban J connectivity index is 1.43. The molecule has 7 nitrogen and oxygen atoms in total. The van der Waals surface area contributed by atoms with Crippen molar-refractivity contribution in [2.45, 2.75) is 83.4 Å². The number of rotatable bonds is 11. The molecule has 2 fully saturated rings. The summed E-state index contributed by atoms with van der Waals surface area (Å²) in [5, 5.41) is 16.6. The Kier molecular flexibility index (Phi) is 10.6. The molecule has 0 radical (unpaired) electrons. The number of nitrogens with zero attached hydrogens (tertiary/aromatic N) is 4. The Morgan fingerprint density at radius 1 is 1.11 bits per heavy atom. The van der Waals surface area contributed by atoms with Gasteiger partial charge in [-0.05, 0) is 70.5 Å². The quantitative estimate of drug-likeness (QED) is 0.334. The second kappa shape index (κ2) is 14.1. The van der Waals surface area contributed by atoms with Gasteiger partial charge in [-0.25, -0.2) is 9.37 Å². The van der Waals surface area contributed by atoms with E-state index in [2.05, 4.69) is 45.4 Å². The standard InChI is InChI=1S/C29H40ClFN6O/c1-3-10-37(11-4-2)23-7-5-22(6-8-23)36-28-15-25(26(30)19-34-28)29-27(14-21(31)17-35-29)33-18-24-13-20(16-32)9-12-38-24/h14-15,17,19-20,22-24,33H,3-13,18H2,1-2H3,(H,34,36). The fourth-order valence-electron chi connectivity index (χ4n) is 5.70. The van der Waals surface area contributed by atoms with Crippen LogP contribution in [0.5, 0.6) is 0 Å². The Morgan fingerprint density at radius 2 is 1.87 bits per heavy atom. The summed E-state index contributed by atoms with van der Waals surface area (Å²) in [6.07, 6.45) is 11.1. The molecule has 0 spiro atoms. The van der Waals surface area contributed by atoms with Crippen LogP contribution in [-0.2, 0) is 4.74 Å². The van der Waals surface area contributed by atoms with E-state index in [9.17, 15) is 9.65 Å². The minimum Gasteiger partial charge on any atom is -0.381 e. The van der Waals surface area contributed by atoms with E-state index in [1.165, 1.54) is 51.0 Å². The molecule has 0 bridgehead atoms. The van der Waals surface area contributed by atoms with Crippen LogP contribution in [0.25, 0.3) is 11.3 Å². The van der Waals surface area contributed by atoms with Gasteiger partial charge in [0.2, 0.25) is 0 Å². The van der Waals surface area contributed by atoms with Crippen LogP contribution in [0.15, 0.2) is 24.5 Å². The number of nitriles is 1. The highest BCUT2D eigenvalue weighted by molar-refractivity contribution is 6.33. The molecule has 4 rings (SSSR count). The minimum absolute atomic E-state index is 0.0136. The van der Waals surface area contributed by atoms with Gasteiger partial charge in [-0.3, -0.25) is 4.98 Å². The summed E-state index contributed by atoms with van der Waals surface area (Å²) in [7, 11) is 0. The third kappa shape index (κ3) is 7.56. The number of ether oxygens (including phenoxy) is 1. The van der Waals surface area contributed by atoms with E-state index in [-0.39, 0.29) is 12.0 Å². The van der Waals surface area contributed by atoms with Gasteiger partial charge in [0.05, 0.1) is 40.7 Å². The molecule has 1 aliphatic carbocycles. The molecular weight excluding hydrogens is 503 g/mol. The first-order valence-corrected chi connectivity index (χ1v) is 14.5. The van der Waals surface area contributed by atoms with Crippen molar-refractivity contribution in [2.24, 2.45) is 5.92 Å². The SMILES string of the molecule is CCCN(CCC)C1CCC(Nc2cc(-c3ncc(F)cc3NCC3CC(C#N)CCO3)c(Cl)cn2)CC1. The molecular formula is C29H40ClFN6O. The summed E-state index contributed by atoms with van der Waals surface area (Å²) < 4.78 is 20.0. The highest BCUT2D eigenvalue weighted by atomic mass is 35.5. The summed E-state index contributed by atoms with van der Waals surface area (Å²) in [6, 6.07) is 6.68. The molecule has 1 saturated carbocycles. The van der Waals surface area contributed by atoms with Crippen molar-refractivity contribution in [1.82, 2.24) is 14.9 Å². The van der Waals surface area contributed by atoms with Gasteiger partial charge in [-0.15, -0.1) is 0 Å². The molecule has 2 atom stereocenters. The Hall–Kier alpha value is -2.47. The average Bonchev–Trinajstić information content (AvgIpc) is 2.93. The molecule has 2 aromatic heterocycles. The first-order chi connectivity index (χ1) is 18.5. The van der Waals surface area contributed by atoms with Crippen LogP contribution in [0.2, 0.25) is 5.02 Å². The molecule has 2 aromatic rings. The average molecular weight is 543 g/mol. The zero-order chi connectivity index (χ0) is 26.9. The number of hydrogen-bond acceptors (Lipinski definition) is 7. The molecule has 0 aromatic carbocycles. The number of pyridine rings is 2. The number of aromatic nitrogens is 2. The van der Waals surface area contributed by atoms with Crippen molar-refractivity contribution >= 4 is 23.1 Å². The van der Waals surface area contributed by atoms with E-state index in [1.54, 1.807) is 6.20 Å². The molecule has 2 unspecified atom stereocenters. The lowest BCUT2D eigenvalue weighted by molar-refractivity contribution is 0.0105. The van der Waals surface area contributed by atoms with E-state index >= 15 is 0 Å². The predicted octanol–water partition coefficient (Wildman–Crippen LogP) is 6.51. The molecule has 3 heterocycles. The highest BCUT2D eigenvalue weighted by Crippen LogP contribution is 2.34. The molecule has 1 saturated heterocycles. The highest BCUT2D eigenvalue weighted by Gasteiger charge is 2.26. The van der Waals surface area contributed by atoms with E-state index in [0.29, 0.717) is 53.6 Å². The van der Waals surface area contributed by atoms with Gasteiger partial charge < -0.3 is 20.3 Å². The van der Waals surface area contributed by atoms with Crippen LogP contribution in [-0.4, -0.2) is 59.3 Å². The van der Waals surface area contributed by atoms with Crippen LogP contribution < -0.4 is 10.6 Å². The maximum Gasteiger partial charge on any atom is 0.143 e. The van der Waals surface area contributed by atoms with Crippen molar-refractivity contribution in [2.75, 3.05) is 36.9 Å². The van der Waals surface area contributed by atoms with E-state index in [0.717, 1.165) is 25.1 Å². The van der Waals surface area contributed by atoms with Crippen LogP contribution in [0, 0.1) is 23.1 Å². The summed E-state index contributed by atoms with van der Waals surface area (Å²) >= 11 is 6.57. The van der Waals surface area contributed by atoms with Gasteiger partial charge in [0.1, 0.15) is 11.6 Å². The van der Waals surface area contributed by atoms with Gasteiger partial charge in [0.15, 0.2) is 0 Å². The first kappa shape index (κ1) is 28.5. The van der Waals surface area contributed by atoms with Gasteiger partial charge in [0, 0.05) is 43.1 Å². The first-order valence-electron chi connectivity index (χ1n) is 14.1. The van der Waals surface area contributed by atoms with Crippen molar-refractivity contribution in [1.29, 1.82) is 5.26 Å². The zero-order valence-electron chi connectivity index (χ0n) is 22.6. The van der Waals surface area contributed by atoms with E-state index in [1.807, 2.05) is 6.07 Å². The lowest BCUT2D eigenvalue weighted by Crippen LogP contribution is -2.41. The summed E-state index contributed by atoms with van der Waals surface area (Å²) in [5.41, 5.74) is 1.80. The van der Waals surface area contributed by atoms with Crippen molar-refractivity contribution in [3.63, 3.8) is 0 Å². The maximum atomic E-state index is 14.2. The Labute approximate surface area is 231 Å². The van der Waals surface area contributed by atoms with Crippen LogP contribution in [0.4, 0.5) is 15.9 Å². The molecule has 38 heavy (non-hydrogen) atoms. The normalized spacial score (nSPS) is 23.7. The van der Waals surface area contributed by atoms with Crippen molar-refractivity contribution in [3.8, 4) is 17.3 Å². The number of nitrogens with one attached hydrogen (secondary N) is 2. The third-order valence-corrected chi connectivity index (χ3v) is 7.92. The topological polar surface area (TPSA) is 86.1 Å². The monoisotopic (exact) mass is 542 g/mol. The summed E-state index contributed by atoms with van der Waals surface area (Å²) in [5.74, 6) is 0.299. The van der Waals surface area contributed by atoms with Crippen molar-refractivity contribution < 1.29 is 9.13 Å². The van der Waals surface area contributed by atoms with Gasteiger partial charge in [-0.2, -0.15) is 5.26 Å². The van der Waals surface area contributed by atoms with E-state index in [4.69, 9.17) is 16.3 Å². The number of anilines is 2. The van der Waals surface area contributed by atoms with Gasteiger partial charge in [0.25, 0.3) is 0 Å². The molecule has 1 aliphatic heterocycles. The van der Waals surface area contributed by atoms with Crippen LogP contribution in [0.3, 0.4) is 0 Å². The smallest absolute Gasteiger partial charge is 0.143 e. The Bertz CT molecular complexity index is 1080. The predicted molar refractivity (Wildman–Crippen MR) is 151 cm³/mol. The second-order valence-electron chi connectivity index (χ2n) is 10.5. The lowest BCUT2D eigenvalue weighted by Gasteiger charge is -2.37.